The van der Waals surface area contributed by atoms with Crippen molar-refractivity contribution >= 4 is 11.0 Å². The van der Waals surface area contributed by atoms with Crippen molar-refractivity contribution in [3.63, 3.8) is 0 Å². The number of nitriles is 1. The van der Waals surface area contributed by atoms with E-state index in [0.717, 1.165) is 22.3 Å². The zero-order chi connectivity index (χ0) is 15.6. The molecule has 2 aromatic heterocycles. The van der Waals surface area contributed by atoms with E-state index in [1.165, 1.54) is 0 Å². The molecule has 0 unspecified atom stereocenters. The van der Waals surface area contributed by atoms with Crippen LogP contribution < -0.4 is 0 Å². The van der Waals surface area contributed by atoms with E-state index in [-0.39, 0.29) is 0 Å². The molecule has 2 heterocycles. The second-order valence-corrected chi connectivity index (χ2v) is 5.05. The van der Waals surface area contributed by atoms with Crippen LogP contribution in [-0.4, -0.2) is 19.5 Å². The largest absolute Gasteiger partial charge is 0.299 e. The summed E-state index contributed by atoms with van der Waals surface area (Å²) in [5.41, 5.74) is 4.27. The van der Waals surface area contributed by atoms with Crippen LogP contribution in [0, 0.1) is 11.3 Å². The molecule has 4 rings (SSSR count). The van der Waals surface area contributed by atoms with Crippen LogP contribution in [0.5, 0.6) is 0 Å². The molecule has 4 aromatic rings. The Labute approximate surface area is 132 Å². The minimum absolute atomic E-state index is 0.606. The summed E-state index contributed by atoms with van der Waals surface area (Å²) in [4.78, 5) is 13.0. The van der Waals surface area contributed by atoms with Gasteiger partial charge in [0.1, 0.15) is 6.33 Å². The molecule has 0 radical (unpaired) electrons. The standard InChI is InChI=1S/C18H11N5/c19-11-13-5-6-17-16(9-13)22-12-23(17)15-4-1-3-14(10-15)18-20-7-2-8-21-18/h1-10,12H. The van der Waals surface area contributed by atoms with Gasteiger partial charge in [0.25, 0.3) is 0 Å². The van der Waals surface area contributed by atoms with Crippen molar-refractivity contribution in [2.75, 3.05) is 0 Å². The molecule has 108 valence electrons. The van der Waals surface area contributed by atoms with Crippen LogP contribution in [0.2, 0.25) is 0 Å². The molecule has 0 amide bonds. The average Bonchev–Trinajstić information content (AvgIpc) is 3.05. The fourth-order valence-electron chi connectivity index (χ4n) is 2.53. The summed E-state index contributed by atoms with van der Waals surface area (Å²) in [6, 6.07) is 17.4. The summed E-state index contributed by atoms with van der Waals surface area (Å²) in [5, 5.41) is 8.98. The van der Waals surface area contributed by atoms with Gasteiger partial charge in [-0.25, -0.2) is 15.0 Å². The van der Waals surface area contributed by atoms with Gasteiger partial charge in [-0.2, -0.15) is 5.26 Å². The maximum atomic E-state index is 8.98. The van der Waals surface area contributed by atoms with Crippen molar-refractivity contribution in [3.05, 3.63) is 72.8 Å². The third kappa shape index (κ3) is 2.32. The summed E-state index contributed by atoms with van der Waals surface area (Å²) < 4.78 is 1.99. The molecule has 0 aliphatic heterocycles. The van der Waals surface area contributed by atoms with Crippen LogP contribution in [0.1, 0.15) is 5.56 Å². The minimum Gasteiger partial charge on any atom is -0.299 e. The Morgan fingerprint density at radius 3 is 2.61 bits per heavy atom. The molecular formula is C18H11N5. The highest BCUT2D eigenvalue weighted by atomic mass is 15.0. The number of benzene rings is 2. The van der Waals surface area contributed by atoms with E-state index < -0.39 is 0 Å². The van der Waals surface area contributed by atoms with Gasteiger partial charge in [0, 0.05) is 23.6 Å². The Balaban J connectivity index is 1.84. The monoisotopic (exact) mass is 297 g/mol. The van der Waals surface area contributed by atoms with Gasteiger partial charge < -0.3 is 0 Å². The molecular weight excluding hydrogens is 286 g/mol. The quantitative estimate of drug-likeness (QED) is 0.569. The summed E-state index contributed by atoms with van der Waals surface area (Å²) in [6.07, 6.45) is 5.22. The fourth-order valence-corrected chi connectivity index (χ4v) is 2.53. The third-order valence-electron chi connectivity index (χ3n) is 3.62. The van der Waals surface area contributed by atoms with Gasteiger partial charge in [-0.3, -0.25) is 4.57 Å². The van der Waals surface area contributed by atoms with E-state index in [9.17, 15) is 0 Å². The van der Waals surface area contributed by atoms with Gasteiger partial charge in [-0.15, -0.1) is 0 Å². The van der Waals surface area contributed by atoms with Crippen molar-refractivity contribution in [1.82, 2.24) is 19.5 Å². The van der Waals surface area contributed by atoms with Crippen molar-refractivity contribution in [2.45, 2.75) is 0 Å². The van der Waals surface area contributed by atoms with Crippen LogP contribution in [0.15, 0.2) is 67.3 Å². The first-order valence-electron chi connectivity index (χ1n) is 7.10. The molecule has 0 spiro atoms. The predicted molar refractivity (Wildman–Crippen MR) is 86.8 cm³/mol. The highest BCUT2D eigenvalue weighted by Crippen LogP contribution is 2.22. The van der Waals surface area contributed by atoms with Crippen molar-refractivity contribution in [2.24, 2.45) is 0 Å². The molecule has 0 bridgehead atoms. The molecule has 2 aromatic carbocycles. The summed E-state index contributed by atoms with van der Waals surface area (Å²) in [6.45, 7) is 0. The molecule has 0 aliphatic carbocycles. The van der Waals surface area contributed by atoms with E-state index in [0.29, 0.717) is 11.4 Å². The Morgan fingerprint density at radius 2 is 1.78 bits per heavy atom. The lowest BCUT2D eigenvalue weighted by Gasteiger charge is -2.06. The van der Waals surface area contributed by atoms with Crippen LogP contribution in [-0.2, 0) is 0 Å². The van der Waals surface area contributed by atoms with Crippen molar-refractivity contribution in [1.29, 1.82) is 5.26 Å². The second kappa shape index (κ2) is 5.35. The minimum atomic E-state index is 0.606. The second-order valence-electron chi connectivity index (χ2n) is 5.05. The van der Waals surface area contributed by atoms with Crippen LogP contribution in [0.25, 0.3) is 28.1 Å². The van der Waals surface area contributed by atoms with E-state index in [1.807, 2.05) is 34.9 Å². The van der Waals surface area contributed by atoms with Crippen LogP contribution >= 0.6 is 0 Å². The van der Waals surface area contributed by atoms with Gasteiger partial charge >= 0.3 is 0 Å². The van der Waals surface area contributed by atoms with Crippen molar-refractivity contribution < 1.29 is 0 Å². The topological polar surface area (TPSA) is 67.4 Å². The number of hydrogen-bond donors (Lipinski definition) is 0. The van der Waals surface area contributed by atoms with Gasteiger partial charge in [0.2, 0.25) is 0 Å². The number of aromatic nitrogens is 4. The number of imidazole rings is 1. The molecule has 0 saturated heterocycles. The lowest BCUT2D eigenvalue weighted by molar-refractivity contribution is 1.09. The SMILES string of the molecule is N#Cc1ccc2c(c1)ncn2-c1cccc(-c2ncccn2)c1. The predicted octanol–water partition coefficient (Wildman–Crippen LogP) is 3.35. The van der Waals surface area contributed by atoms with Gasteiger partial charge in [-0.05, 0) is 36.4 Å². The van der Waals surface area contributed by atoms with E-state index >= 15 is 0 Å². The average molecular weight is 297 g/mol. The van der Waals surface area contributed by atoms with Crippen LogP contribution in [0.4, 0.5) is 0 Å². The lowest BCUT2D eigenvalue weighted by Crippen LogP contribution is -1.94. The first-order chi connectivity index (χ1) is 11.3. The maximum absolute atomic E-state index is 8.98. The Kier molecular flexibility index (Phi) is 3.06. The first-order valence-corrected chi connectivity index (χ1v) is 7.10. The molecule has 5 nitrogen and oxygen atoms in total. The Hall–Kier alpha value is -3.52. The molecule has 0 atom stereocenters. The van der Waals surface area contributed by atoms with E-state index in [4.69, 9.17) is 5.26 Å². The highest BCUT2D eigenvalue weighted by molar-refractivity contribution is 5.79. The summed E-state index contributed by atoms with van der Waals surface area (Å²) >= 11 is 0. The molecule has 0 fully saturated rings. The van der Waals surface area contributed by atoms with Gasteiger partial charge in [-0.1, -0.05) is 12.1 Å². The molecule has 23 heavy (non-hydrogen) atoms. The fraction of sp³-hybridized carbons (Fsp3) is 0. The normalized spacial score (nSPS) is 10.6. The maximum Gasteiger partial charge on any atom is 0.159 e. The zero-order valence-electron chi connectivity index (χ0n) is 12.1. The smallest absolute Gasteiger partial charge is 0.159 e. The summed E-state index contributed by atoms with van der Waals surface area (Å²) in [5.74, 6) is 0.686. The number of rotatable bonds is 2. The third-order valence-corrected chi connectivity index (χ3v) is 3.62. The molecule has 0 N–H and O–H groups in total. The van der Waals surface area contributed by atoms with Crippen molar-refractivity contribution in [3.8, 4) is 23.1 Å². The highest BCUT2D eigenvalue weighted by Gasteiger charge is 2.07. The summed E-state index contributed by atoms with van der Waals surface area (Å²) in [7, 11) is 0. The first kappa shape index (κ1) is 13.2. The molecule has 0 saturated carbocycles. The molecule has 5 heteroatoms. The van der Waals surface area contributed by atoms with E-state index in [1.54, 1.807) is 36.9 Å². The molecule has 0 aliphatic rings. The number of nitrogens with zero attached hydrogens (tertiary/aromatic N) is 5. The number of hydrogen-bond acceptors (Lipinski definition) is 4. The lowest BCUT2D eigenvalue weighted by atomic mass is 10.1. The number of fused-ring (bicyclic) bond motifs is 1. The van der Waals surface area contributed by atoms with Crippen LogP contribution in [0.3, 0.4) is 0 Å². The van der Waals surface area contributed by atoms with Gasteiger partial charge in [0.05, 0.1) is 22.7 Å². The van der Waals surface area contributed by atoms with Gasteiger partial charge in [0.15, 0.2) is 5.82 Å². The van der Waals surface area contributed by atoms with E-state index in [2.05, 4.69) is 21.0 Å². The zero-order valence-corrected chi connectivity index (χ0v) is 12.1. The Bertz CT molecular complexity index is 1030. The Morgan fingerprint density at radius 1 is 0.913 bits per heavy atom.